The maximum absolute atomic E-state index is 12.4. The molecule has 0 aliphatic heterocycles. The fraction of sp³-hybridized carbons (Fsp3) is 0.111. The van der Waals surface area contributed by atoms with Crippen LogP contribution in [0.3, 0.4) is 0 Å². The normalized spacial score (nSPS) is 10.4. The number of phenols is 2. The number of carbonyl (C=O) groups excluding carboxylic acids is 1. The summed E-state index contributed by atoms with van der Waals surface area (Å²) in [6, 6.07) is 7.09. The van der Waals surface area contributed by atoms with Crippen molar-refractivity contribution in [2.75, 3.05) is 7.11 Å². The lowest BCUT2D eigenvalue weighted by Crippen LogP contribution is -2.02. The smallest absolute Gasteiger partial charge is 0.292 e. The Morgan fingerprint density at radius 2 is 2.00 bits per heavy atom. The van der Waals surface area contributed by atoms with Crippen molar-refractivity contribution in [3.8, 4) is 29.3 Å². The zero-order valence-electron chi connectivity index (χ0n) is 13.1. The van der Waals surface area contributed by atoms with E-state index in [9.17, 15) is 15.0 Å². The summed E-state index contributed by atoms with van der Waals surface area (Å²) in [5, 5.41) is 27.6. The molecule has 0 unspecified atom stereocenters. The van der Waals surface area contributed by atoms with Gasteiger partial charge in [0, 0.05) is 17.2 Å². The Labute approximate surface area is 138 Å². The number of aromatic hydroxyl groups is 2. The monoisotopic (exact) mass is 325 g/mol. The number of phenolic OH excluding ortho intramolecular Hbond substituents is 2. The number of ether oxygens (including phenoxy) is 2. The molecule has 0 radical (unpaired) electrons. The number of nitriles is 1. The predicted molar refractivity (Wildman–Crippen MR) is 87.1 cm³/mol. The highest BCUT2D eigenvalue weighted by Crippen LogP contribution is 2.32. The zero-order chi connectivity index (χ0) is 17.7. The van der Waals surface area contributed by atoms with Gasteiger partial charge in [-0.1, -0.05) is 0 Å². The molecule has 6 heteroatoms. The Bertz CT molecular complexity index is 849. The Kier molecular flexibility index (Phi) is 5.07. The molecule has 0 aromatic heterocycles. The number of carbonyl (C=O) groups is 1. The van der Waals surface area contributed by atoms with E-state index in [-0.39, 0.29) is 17.3 Å². The van der Waals surface area contributed by atoms with Crippen molar-refractivity contribution in [1.29, 1.82) is 5.26 Å². The van der Waals surface area contributed by atoms with E-state index >= 15 is 0 Å². The summed E-state index contributed by atoms with van der Waals surface area (Å²) in [6.45, 7) is 1.68. The third-order valence-corrected chi connectivity index (χ3v) is 3.41. The summed E-state index contributed by atoms with van der Waals surface area (Å²) < 4.78 is 10.1. The minimum Gasteiger partial charge on any atom is -0.508 e. The quantitative estimate of drug-likeness (QED) is 0.497. The molecule has 0 aliphatic rings. The maximum atomic E-state index is 12.4. The highest BCUT2D eigenvalue weighted by Gasteiger charge is 2.16. The first-order valence-corrected chi connectivity index (χ1v) is 6.95. The van der Waals surface area contributed by atoms with E-state index in [0.29, 0.717) is 28.2 Å². The van der Waals surface area contributed by atoms with E-state index in [4.69, 9.17) is 14.7 Å². The number of allylic oxidation sites excluding steroid dienone is 1. The molecule has 0 saturated carbocycles. The number of methoxy groups -OCH3 is 1. The lowest BCUT2D eigenvalue weighted by molar-refractivity contribution is 0.104. The topological polar surface area (TPSA) is 99.8 Å². The van der Waals surface area contributed by atoms with E-state index in [1.165, 1.54) is 49.6 Å². The second-order valence-corrected chi connectivity index (χ2v) is 4.90. The highest BCUT2D eigenvalue weighted by atomic mass is 16.5. The van der Waals surface area contributed by atoms with Crippen molar-refractivity contribution < 1.29 is 24.5 Å². The van der Waals surface area contributed by atoms with E-state index in [0.717, 1.165) is 0 Å². The van der Waals surface area contributed by atoms with Crippen molar-refractivity contribution in [3.63, 3.8) is 0 Å². The Balaban J connectivity index is 2.34. The second-order valence-electron chi connectivity index (χ2n) is 4.90. The van der Waals surface area contributed by atoms with Gasteiger partial charge in [-0.2, -0.15) is 0 Å². The van der Waals surface area contributed by atoms with Crippen LogP contribution in [0.2, 0.25) is 0 Å². The molecule has 0 saturated heterocycles. The fourth-order valence-electron chi connectivity index (χ4n) is 2.22. The van der Waals surface area contributed by atoms with Crippen LogP contribution in [0.15, 0.2) is 36.4 Å². The van der Waals surface area contributed by atoms with Crippen molar-refractivity contribution in [3.05, 3.63) is 53.1 Å². The van der Waals surface area contributed by atoms with Crippen LogP contribution >= 0.6 is 0 Å². The van der Waals surface area contributed by atoms with Gasteiger partial charge < -0.3 is 19.7 Å². The molecule has 0 fully saturated rings. The third-order valence-electron chi connectivity index (χ3n) is 3.41. The molecule has 6 nitrogen and oxygen atoms in total. The molecule has 0 heterocycles. The van der Waals surface area contributed by atoms with Crippen LogP contribution in [0.25, 0.3) is 6.08 Å². The Morgan fingerprint density at radius 3 is 2.62 bits per heavy atom. The molecular formula is C18H15NO5. The molecule has 24 heavy (non-hydrogen) atoms. The number of ketones is 1. The first kappa shape index (κ1) is 16.9. The fourth-order valence-corrected chi connectivity index (χ4v) is 2.22. The Morgan fingerprint density at radius 1 is 1.25 bits per heavy atom. The molecule has 0 bridgehead atoms. The van der Waals surface area contributed by atoms with Gasteiger partial charge in [0.15, 0.2) is 5.78 Å². The van der Waals surface area contributed by atoms with Gasteiger partial charge in [-0.3, -0.25) is 4.79 Å². The van der Waals surface area contributed by atoms with Gasteiger partial charge in [-0.25, -0.2) is 0 Å². The van der Waals surface area contributed by atoms with Gasteiger partial charge in [0.1, 0.15) is 23.0 Å². The first-order chi connectivity index (χ1) is 11.5. The molecule has 2 N–H and O–H groups in total. The van der Waals surface area contributed by atoms with E-state index < -0.39 is 0 Å². The van der Waals surface area contributed by atoms with Gasteiger partial charge in [-0.05, 0) is 43.3 Å². The number of hydrogen-bond acceptors (Lipinski definition) is 6. The van der Waals surface area contributed by atoms with Gasteiger partial charge >= 0.3 is 0 Å². The van der Waals surface area contributed by atoms with Crippen molar-refractivity contribution in [2.24, 2.45) is 0 Å². The molecule has 122 valence electrons. The standard InChI is InChI=1S/C18H15NO5/c1-11-17(24-10-19)8-6-14(18(11)23-2)15(21)7-4-12-3-5-13(20)9-16(12)22/h3-9,20,22H,1-2H3/b7-4+. The Hall–Kier alpha value is -3.46. The van der Waals surface area contributed by atoms with Crippen molar-refractivity contribution in [2.45, 2.75) is 6.92 Å². The molecular weight excluding hydrogens is 310 g/mol. The average molecular weight is 325 g/mol. The van der Waals surface area contributed by atoms with E-state index in [1.807, 2.05) is 0 Å². The number of benzene rings is 2. The zero-order valence-corrected chi connectivity index (χ0v) is 13.1. The largest absolute Gasteiger partial charge is 0.508 e. The molecule has 0 amide bonds. The summed E-state index contributed by atoms with van der Waals surface area (Å²) in [4.78, 5) is 12.4. The molecule has 2 aromatic carbocycles. The minimum absolute atomic E-state index is 0.0682. The molecule has 0 aliphatic carbocycles. The summed E-state index contributed by atoms with van der Waals surface area (Å²) in [6.07, 6.45) is 4.30. The van der Waals surface area contributed by atoms with Gasteiger partial charge in [-0.15, -0.1) is 5.26 Å². The average Bonchev–Trinajstić information content (AvgIpc) is 2.55. The van der Waals surface area contributed by atoms with E-state index in [1.54, 1.807) is 13.2 Å². The SMILES string of the molecule is COc1c(C(=O)/C=C/c2ccc(O)cc2O)ccc(OC#N)c1C. The minimum atomic E-state index is -0.342. The van der Waals surface area contributed by atoms with Crippen LogP contribution in [0, 0.1) is 18.4 Å². The predicted octanol–water partition coefficient (Wildman–Crippen LogP) is 3.17. The number of rotatable bonds is 5. The first-order valence-electron chi connectivity index (χ1n) is 6.95. The van der Waals surface area contributed by atoms with Gasteiger partial charge in [0.2, 0.25) is 0 Å². The molecule has 2 rings (SSSR count). The summed E-state index contributed by atoms with van der Waals surface area (Å²) >= 11 is 0. The van der Waals surface area contributed by atoms with Crippen LogP contribution in [0.1, 0.15) is 21.5 Å². The number of hydrogen-bond donors (Lipinski definition) is 2. The maximum Gasteiger partial charge on any atom is 0.292 e. The highest BCUT2D eigenvalue weighted by molar-refractivity contribution is 6.09. The second kappa shape index (κ2) is 7.20. The van der Waals surface area contributed by atoms with E-state index in [2.05, 4.69) is 0 Å². The lowest BCUT2D eigenvalue weighted by atomic mass is 10.0. The van der Waals surface area contributed by atoms with Gasteiger partial charge in [0.05, 0.1) is 12.7 Å². The van der Waals surface area contributed by atoms with Crippen LogP contribution < -0.4 is 9.47 Å². The molecule has 2 aromatic rings. The molecule has 0 atom stereocenters. The van der Waals surface area contributed by atoms with Gasteiger partial charge in [0.25, 0.3) is 6.26 Å². The number of nitrogens with zero attached hydrogens (tertiary/aromatic N) is 1. The van der Waals surface area contributed by atoms with Crippen LogP contribution in [-0.4, -0.2) is 23.1 Å². The summed E-state index contributed by atoms with van der Waals surface area (Å²) in [7, 11) is 1.42. The van der Waals surface area contributed by atoms with Crippen molar-refractivity contribution >= 4 is 11.9 Å². The van der Waals surface area contributed by atoms with Crippen molar-refractivity contribution in [1.82, 2.24) is 0 Å². The summed E-state index contributed by atoms with van der Waals surface area (Å²) in [5.74, 6) is 0.0747. The third kappa shape index (κ3) is 3.47. The van der Waals surface area contributed by atoms with Crippen LogP contribution in [0.5, 0.6) is 23.0 Å². The molecule has 0 spiro atoms. The van der Waals surface area contributed by atoms with Crippen LogP contribution in [0.4, 0.5) is 0 Å². The lowest BCUT2D eigenvalue weighted by Gasteiger charge is -2.11. The van der Waals surface area contributed by atoms with Crippen LogP contribution in [-0.2, 0) is 0 Å². The summed E-state index contributed by atoms with van der Waals surface area (Å²) in [5.41, 5.74) is 1.22.